The average molecular weight is 348 g/mol. The molecule has 0 atom stereocenters. The van der Waals surface area contributed by atoms with Gasteiger partial charge in [-0.1, -0.05) is 17.7 Å². The molecule has 3 rings (SSSR count). The number of aryl methyl sites for hydroxylation is 3. The molecule has 1 aromatic carbocycles. The van der Waals surface area contributed by atoms with E-state index in [-0.39, 0.29) is 11.1 Å². The van der Waals surface area contributed by atoms with Gasteiger partial charge in [-0.25, -0.2) is 4.98 Å². The molecule has 0 aliphatic heterocycles. The molecule has 1 N–H and O–H groups in total. The van der Waals surface area contributed by atoms with Gasteiger partial charge in [0.15, 0.2) is 4.96 Å². The highest BCUT2D eigenvalue weighted by Gasteiger charge is 2.17. The van der Waals surface area contributed by atoms with E-state index in [0.717, 1.165) is 16.1 Å². The topological polar surface area (TPSA) is 63.5 Å². The number of thiazole rings is 1. The minimum atomic E-state index is -0.500. The van der Waals surface area contributed by atoms with E-state index in [1.54, 1.807) is 18.2 Å². The summed E-state index contributed by atoms with van der Waals surface area (Å²) in [6, 6.07) is 5.19. The van der Waals surface area contributed by atoms with Crippen molar-refractivity contribution in [2.45, 2.75) is 20.8 Å². The van der Waals surface area contributed by atoms with Crippen molar-refractivity contribution in [3.8, 4) is 0 Å². The summed E-state index contributed by atoms with van der Waals surface area (Å²) in [4.78, 5) is 30.7. The Morgan fingerprint density at radius 2 is 2.04 bits per heavy atom. The second-order valence-electron chi connectivity index (χ2n) is 5.26. The van der Waals surface area contributed by atoms with Crippen molar-refractivity contribution < 1.29 is 4.79 Å². The van der Waals surface area contributed by atoms with Crippen LogP contribution in [0.15, 0.2) is 29.2 Å². The molecule has 118 valence electrons. The molecule has 3 aromatic rings. The molecule has 0 saturated heterocycles. The minimum absolute atomic E-state index is 0.0000902. The van der Waals surface area contributed by atoms with Gasteiger partial charge in [-0.15, -0.1) is 11.3 Å². The molecular weight excluding hydrogens is 334 g/mol. The van der Waals surface area contributed by atoms with E-state index in [9.17, 15) is 9.59 Å². The Hall–Kier alpha value is -2.18. The summed E-state index contributed by atoms with van der Waals surface area (Å²) in [5, 5.41) is 3.24. The summed E-state index contributed by atoms with van der Waals surface area (Å²) in [5.74, 6) is -0.500. The van der Waals surface area contributed by atoms with Gasteiger partial charge in [0.05, 0.1) is 0 Å². The number of benzene rings is 1. The third-order valence-electron chi connectivity index (χ3n) is 3.69. The maximum atomic E-state index is 12.6. The fourth-order valence-corrected chi connectivity index (χ4v) is 3.31. The second kappa shape index (κ2) is 5.79. The van der Waals surface area contributed by atoms with Gasteiger partial charge in [-0.05, 0) is 38.5 Å². The van der Waals surface area contributed by atoms with Crippen molar-refractivity contribution in [1.82, 2.24) is 9.38 Å². The molecule has 2 aromatic heterocycles. The Morgan fingerprint density at radius 3 is 2.74 bits per heavy atom. The van der Waals surface area contributed by atoms with Crippen molar-refractivity contribution >= 4 is 39.5 Å². The monoisotopic (exact) mass is 347 g/mol. The van der Waals surface area contributed by atoms with Gasteiger partial charge in [0.2, 0.25) is 0 Å². The number of anilines is 1. The fourth-order valence-electron chi connectivity index (χ4n) is 2.20. The van der Waals surface area contributed by atoms with Crippen LogP contribution in [0.5, 0.6) is 0 Å². The van der Waals surface area contributed by atoms with Crippen LogP contribution in [-0.4, -0.2) is 15.3 Å². The molecule has 7 heteroatoms. The van der Waals surface area contributed by atoms with Crippen LogP contribution in [0, 0.1) is 20.8 Å². The molecule has 0 spiro atoms. The van der Waals surface area contributed by atoms with E-state index in [1.165, 1.54) is 21.9 Å². The molecule has 2 heterocycles. The van der Waals surface area contributed by atoms with Crippen LogP contribution < -0.4 is 10.9 Å². The number of halogens is 1. The lowest BCUT2D eigenvalue weighted by molar-refractivity contribution is 0.102. The van der Waals surface area contributed by atoms with Gasteiger partial charge in [0.25, 0.3) is 11.5 Å². The highest BCUT2D eigenvalue weighted by Crippen LogP contribution is 2.21. The summed E-state index contributed by atoms with van der Waals surface area (Å²) in [6.45, 7) is 5.63. The molecule has 0 radical (unpaired) electrons. The van der Waals surface area contributed by atoms with Crippen molar-refractivity contribution in [2.75, 3.05) is 5.32 Å². The van der Waals surface area contributed by atoms with Gasteiger partial charge < -0.3 is 5.32 Å². The summed E-state index contributed by atoms with van der Waals surface area (Å²) >= 11 is 7.47. The molecular formula is C16H14ClN3O2S. The quantitative estimate of drug-likeness (QED) is 0.770. The van der Waals surface area contributed by atoms with Gasteiger partial charge in [0, 0.05) is 27.5 Å². The molecule has 23 heavy (non-hydrogen) atoms. The van der Waals surface area contributed by atoms with Crippen LogP contribution >= 0.6 is 22.9 Å². The molecule has 0 aliphatic rings. The van der Waals surface area contributed by atoms with Crippen LogP contribution in [0.2, 0.25) is 5.02 Å². The Labute approximate surface area is 141 Å². The fraction of sp³-hybridized carbons (Fsp3) is 0.188. The number of carbonyl (C=O) groups excluding carboxylic acids is 1. The van der Waals surface area contributed by atoms with Crippen LogP contribution in [0.25, 0.3) is 4.96 Å². The average Bonchev–Trinajstić information content (AvgIpc) is 2.79. The van der Waals surface area contributed by atoms with E-state index >= 15 is 0 Å². The Morgan fingerprint density at radius 1 is 1.30 bits per heavy atom. The second-order valence-corrected chi connectivity index (χ2v) is 6.85. The van der Waals surface area contributed by atoms with Crippen LogP contribution in [0.3, 0.4) is 0 Å². The number of rotatable bonds is 2. The molecule has 0 bridgehead atoms. The van der Waals surface area contributed by atoms with E-state index in [0.29, 0.717) is 15.7 Å². The zero-order valence-electron chi connectivity index (χ0n) is 12.8. The zero-order valence-corrected chi connectivity index (χ0v) is 14.4. The molecule has 5 nitrogen and oxygen atoms in total. The van der Waals surface area contributed by atoms with Crippen molar-refractivity contribution in [1.29, 1.82) is 0 Å². The molecule has 0 saturated carbocycles. The zero-order chi connectivity index (χ0) is 16.7. The standard InChI is InChI=1S/C16H14ClN3O2S/c1-8-4-5-11(6-13(8)17)19-14(21)12-7-18-16-20(15(12)22)9(2)10(3)23-16/h4-7H,1-3H3,(H,19,21). The first kappa shape index (κ1) is 15.7. The number of hydrogen-bond donors (Lipinski definition) is 1. The first-order valence-electron chi connectivity index (χ1n) is 6.93. The van der Waals surface area contributed by atoms with E-state index in [4.69, 9.17) is 11.6 Å². The van der Waals surface area contributed by atoms with Gasteiger partial charge in [0.1, 0.15) is 5.56 Å². The molecule has 0 fully saturated rings. The third kappa shape index (κ3) is 2.75. The highest BCUT2D eigenvalue weighted by molar-refractivity contribution is 7.17. The summed E-state index contributed by atoms with van der Waals surface area (Å²) < 4.78 is 1.47. The first-order valence-corrected chi connectivity index (χ1v) is 8.13. The summed E-state index contributed by atoms with van der Waals surface area (Å²) in [6.07, 6.45) is 1.32. The number of hydrogen-bond acceptors (Lipinski definition) is 4. The minimum Gasteiger partial charge on any atom is -0.322 e. The number of nitrogens with one attached hydrogen (secondary N) is 1. The Bertz CT molecular complexity index is 991. The van der Waals surface area contributed by atoms with E-state index in [1.807, 2.05) is 20.8 Å². The molecule has 0 unspecified atom stereocenters. The Balaban J connectivity index is 2.01. The lowest BCUT2D eigenvalue weighted by Crippen LogP contribution is -2.26. The van der Waals surface area contributed by atoms with Crippen molar-refractivity contribution in [3.05, 3.63) is 61.5 Å². The lowest BCUT2D eigenvalue weighted by atomic mass is 10.2. The third-order valence-corrected chi connectivity index (χ3v) is 5.17. The molecule has 1 amide bonds. The highest BCUT2D eigenvalue weighted by atomic mass is 35.5. The first-order chi connectivity index (χ1) is 10.9. The van der Waals surface area contributed by atoms with Crippen LogP contribution in [0.1, 0.15) is 26.5 Å². The van der Waals surface area contributed by atoms with Gasteiger partial charge in [-0.2, -0.15) is 0 Å². The number of nitrogens with zero attached hydrogens (tertiary/aromatic N) is 2. The normalized spacial score (nSPS) is 11.0. The summed E-state index contributed by atoms with van der Waals surface area (Å²) in [5.41, 5.74) is 1.88. The predicted molar refractivity (Wildman–Crippen MR) is 93.0 cm³/mol. The van der Waals surface area contributed by atoms with Crippen molar-refractivity contribution in [2.24, 2.45) is 0 Å². The lowest BCUT2D eigenvalue weighted by Gasteiger charge is -2.07. The van der Waals surface area contributed by atoms with Crippen LogP contribution in [0.4, 0.5) is 5.69 Å². The maximum absolute atomic E-state index is 12.6. The Kier molecular flexibility index (Phi) is 3.95. The predicted octanol–water partition coefficient (Wildman–Crippen LogP) is 3.59. The molecule has 0 aliphatic carbocycles. The van der Waals surface area contributed by atoms with E-state index in [2.05, 4.69) is 10.3 Å². The number of amides is 1. The number of aromatic nitrogens is 2. The van der Waals surface area contributed by atoms with Gasteiger partial charge in [-0.3, -0.25) is 14.0 Å². The van der Waals surface area contributed by atoms with Crippen molar-refractivity contribution in [3.63, 3.8) is 0 Å². The summed E-state index contributed by atoms with van der Waals surface area (Å²) in [7, 11) is 0. The van der Waals surface area contributed by atoms with E-state index < -0.39 is 5.91 Å². The van der Waals surface area contributed by atoms with Crippen LogP contribution in [-0.2, 0) is 0 Å². The smallest absolute Gasteiger partial charge is 0.271 e. The van der Waals surface area contributed by atoms with Gasteiger partial charge >= 0.3 is 0 Å². The number of carbonyl (C=O) groups is 1. The number of fused-ring (bicyclic) bond motifs is 1. The SMILES string of the molecule is Cc1ccc(NC(=O)c2cnc3sc(C)c(C)n3c2=O)cc1Cl. The maximum Gasteiger partial charge on any atom is 0.271 e. The largest absolute Gasteiger partial charge is 0.322 e.